The minimum Gasteiger partial charge on any atom is -0.370 e. The Hall–Kier alpha value is -1.61. The highest BCUT2D eigenvalue weighted by Crippen LogP contribution is 2.39. The summed E-state index contributed by atoms with van der Waals surface area (Å²) < 4.78 is 33.8. The van der Waals surface area contributed by atoms with E-state index < -0.39 is 35.8 Å². The number of halogens is 2. The number of nitrogens with zero attached hydrogens (tertiary/aromatic N) is 3. The van der Waals surface area contributed by atoms with Gasteiger partial charge in [0.2, 0.25) is 0 Å². The summed E-state index contributed by atoms with van der Waals surface area (Å²) in [6.07, 6.45) is -1.19. The average molecular weight is 276 g/mol. The van der Waals surface area contributed by atoms with Crippen LogP contribution in [0.2, 0.25) is 0 Å². The average Bonchev–Trinajstić information content (AvgIpc) is 2.59. The van der Waals surface area contributed by atoms with Gasteiger partial charge in [0.05, 0.1) is 11.5 Å². The Morgan fingerprint density at radius 3 is 2.95 bits per heavy atom. The van der Waals surface area contributed by atoms with Crippen molar-refractivity contribution in [2.24, 2.45) is 12.8 Å². The minimum absolute atomic E-state index is 0.0405. The zero-order valence-corrected chi connectivity index (χ0v) is 10.3. The molecule has 1 aliphatic heterocycles. The van der Waals surface area contributed by atoms with Crippen LogP contribution in [0, 0.1) is 10.1 Å². The second-order valence-electron chi connectivity index (χ2n) is 4.64. The summed E-state index contributed by atoms with van der Waals surface area (Å²) in [6.45, 7) is -0.0669. The predicted molar refractivity (Wildman–Crippen MR) is 60.7 cm³/mol. The Morgan fingerprint density at radius 1 is 1.63 bits per heavy atom. The monoisotopic (exact) mass is 276 g/mol. The molecule has 1 aliphatic rings. The fraction of sp³-hybridized carbons (Fsp3) is 0.700. The van der Waals surface area contributed by atoms with Crippen molar-refractivity contribution in [3.63, 3.8) is 0 Å². The maximum absolute atomic E-state index is 13.7. The molecule has 0 amide bonds. The third-order valence-corrected chi connectivity index (χ3v) is 3.02. The summed E-state index contributed by atoms with van der Waals surface area (Å²) in [6, 6.07) is -0.785. The zero-order chi connectivity index (χ0) is 14.2. The molecule has 9 heteroatoms. The lowest BCUT2D eigenvalue weighted by molar-refractivity contribution is -0.386. The van der Waals surface area contributed by atoms with Crippen molar-refractivity contribution in [3.8, 4) is 0 Å². The number of aromatic nitrogens is 2. The van der Waals surface area contributed by atoms with Crippen LogP contribution in [0.25, 0.3) is 0 Å². The van der Waals surface area contributed by atoms with Crippen molar-refractivity contribution in [1.29, 1.82) is 0 Å². The van der Waals surface area contributed by atoms with E-state index in [-0.39, 0.29) is 18.0 Å². The first-order valence-corrected chi connectivity index (χ1v) is 5.71. The highest BCUT2D eigenvalue weighted by atomic mass is 19.3. The van der Waals surface area contributed by atoms with Crippen molar-refractivity contribution < 1.29 is 18.4 Å². The van der Waals surface area contributed by atoms with Crippen LogP contribution >= 0.6 is 0 Å². The SMILES string of the molecule is Cn1ncc([N+](=O)[O-])c1C1CC(F)(F)CC(N)CO1. The van der Waals surface area contributed by atoms with Crippen LogP contribution in [0.3, 0.4) is 0 Å². The van der Waals surface area contributed by atoms with Crippen LogP contribution in [-0.2, 0) is 11.8 Å². The van der Waals surface area contributed by atoms with Gasteiger partial charge >= 0.3 is 5.69 Å². The molecule has 2 heterocycles. The molecule has 7 nitrogen and oxygen atoms in total. The van der Waals surface area contributed by atoms with E-state index in [1.807, 2.05) is 0 Å². The molecule has 2 unspecified atom stereocenters. The number of hydrogen-bond donors (Lipinski definition) is 1. The lowest BCUT2D eigenvalue weighted by Crippen LogP contribution is -2.30. The molecular weight excluding hydrogens is 262 g/mol. The van der Waals surface area contributed by atoms with Crippen molar-refractivity contribution in [1.82, 2.24) is 9.78 Å². The van der Waals surface area contributed by atoms with Crippen LogP contribution in [0.1, 0.15) is 24.6 Å². The smallest absolute Gasteiger partial charge is 0.312 e. The van der Waals surface area contributed by atoms with Gasteiger partial charge in [0, 0.05) is 25.9 Å². The Labute approximate surface area is 107 Å². The van der Waals surface area contributed by atoms with Gasteiger partial charge in [0.25, 0.3) is 5.92 Å². The highest BCUT2D eigenvalue weighted by Gasteiger charge is 2.42. The maximum atomic E-state index is 13.7. The molecular formula is C10H14F2N4O3. The van der Waals surface area contributed by atoms with Crippen LogP contribution in [0.15, 0.2) is 6.20 Å². The van der Waals surface area contributed by atoms with E-state index in [2.05, 4.69) is 5.10 Å². The first-order valence-electron chi connectivity index (χ1n) is 5.71. The minimum atomic E-state index is -3.02. The van der Waals surface area contributed by atoms with Gasteiger partial charge in [-0.2, -0.15) is 5.10 Å². The molecule has 2 atom stereocenters. The van der Waals surface area contributed by atoms with Gasteiger partial charge in [-0.3, -0.25) is 14.8 Å². The molecule has 0 bridgehead atoms. The van der Waals surface area contributed by atoms with E-state index in [1.165, 1.54) is 11.7 Å². The summed E-state index contributed by atoms with van der Waals surface area (Å²) >= 11 is 0. The second-order valence-corrected chi connectivity index (χ2v) is 4.64. The molecule has 1 saturated heterocycles. The van der Waals surface area contributed by atoms with E-state index in [0.717, 1.165) is 6.20 Å². The summed E-state index contributed by atoms with van der Waals surface area (Å²) in [5.41, 5.74) is 5.22. The second kappa shape index (κ2) is 4.82. The summed E-state index contributed by atoms with van der Waals surface area (Å²) in [5, 5.41) is 14.6. The molecule has 1 aromatic rings. The van der Waals surface area contributed by atoms with E-state index in [4.69, 9.17) is 10.5 Å². The standard InChI is InChI=1S/C10H14F2N4O3/c1-15-9(7(4-14-15)16(17)18)8-3-10(11,12)2-6(13)5-19-8/h4,6,8H,2-3,5,13H2,1H3. The third-order valence-electron chi connectivity index (χ3n) is 3.02. The first kappa shape index (κ1) is 13.8. The van der Waals surface area contributed by atoms with Crippen LogP contribution in [0.5, 0.6) is 0 Å². The Kier molecular flexibility index (Phi) is 3.50. The molecule has 2 N–H and O–H groups in total. The predicted octanol–water partition coefficient (Wildman–Crippen LogP) is 1.14. The number of hydrogen-bond acceptors (Lipinski definition) is 5. The van der Waals surface area contributed by atoms with Crippen molar-refractivity contribution >= 4 is 5.69 Å². The molecule has 0 radical (unpaired) electrons. The quantitative estimate of drug-likeness (QED) is 0.645. The van der Waals surface area contributed by atoms with E-state index in [0.29, 0.717) is 0 Å². The third kappa shape index (κ3) is 2.87. The van der Waals surface area contributed by atoms with Gasteiger partial charge in [-0.25, -0.2) is 8.78 Å². The number of aryl methyl sites for hydroxylation is 1. The fourth-order valence-corrected chi connectivity index (χ4v) is 2.22. The van der Waals surface area contributed by atoms with Crippen LogP contribution in [0.4, 0.5) is 14.5 Å². The fourth-order valence-electron chi connectivity index (χ4n) is 2.22. The Balaban J connectivity index is 2.35. The molecule has 19 heavy (non-hydrogen) atoms. The van der Waals surface area contributed by atoms with Gasteiger partial charge in [0.15, 0.2) is 0 Å². The molecule has 0 spiro atoms. The molecule has 0 aliphatic carbocycles. The van der Waals surface area contributed by atoms with Gasteiger partial charge in [-0.1, -0.05) is 0 Å². The number of nitro groups is 1. The zero-order valence-electron chi connectivity index (χ0n) is 10.3. The van der Waals surface area contributed by atoms with Crippen LogP contribution < -0.4 is 5.73 Å². The van der Waals surface area contributed by atoms with Crippen molar-refractivity contribution in [2.75, 3.05) is 6.61 Å². The van der Waals surface area contributed by atoms with Gasteiger partial charge in [-0.15, -0.1) is 0 Å². The topological polar surface area (TPSA) is 96.2 Å². The Morgan fingerprint density at radius 2 is 2.32 bits per heavy atom. The number of alkyl halides is 2. The first-order chi connectivity index (χ1) is 8.80. The van der Waals surface area contributed by atoms with E-state index in [1.54, 1.807) is 0 Å². The molecule has 1 fully saturated rings. The van der Waals surface area contributed by atoms with Crippen molar-refractivity contribution in [2.45, 2.75) is 30.9 Å². The lowest BCUT2D eigenvalue weighted by atomic mass is 10.0. The lowest BCUT2D eigenvalue weighted by Gasteiger charge is -2.19. The largest absolute Gasteiger partial charge is 0.370 e. The molecule has 0 aromatic carbocycles. The number of nitrogens with two attached hydrogens (primary N) is 1. The van der Waals surface area contributed by atoms with Crippen LogP contribution in [-0.4, -0.2) is 33.3 Å². The molecule has 0 saturated carbocycles. The van der Waals surface area contributed by atoms with Gasteiger partial charge in [-0.05, 0) is 0 Å². The summed E-state index contributed by atoms with van der Waals surface area (Å²) in [5.74, 6) is -3.02. The Bertz CT molecular complexity index is 491. The molecule has 1 aromatic heterocycles. The summed E-state index contributed by atoms with van der Waals surface area (Å²) in [7, 11) is 1.45. The van der Waals surface area contributed by atoms with E-state index in [9.17, 15) is 18.9 Å². The number of rotatable bonds is 2. The van der Waals surface area contributed by atoms with Gasteiger partial charge in [0.1, 0.15) is 18.0 Å². The van der Waals surface area contributed by atoms with Crippen molar-refractivity contribution in [3.05, 3.63) is 22.0 Å². The summed E-state index contributed by atoms with van der Waals surface area (Å²) in [4.78, 5) is 10.2. The molecule has 106 valence electrons. The van der Waals surface area contributed by atoms with E-state index >= 15 is 0 Å². The normalized spacial score (nSPS) is 26.9. The maximum Gasteiger partial charge on any atom is 0.312 e. The van der Waals surface area contributed by atoms with Gasteiger partial charge < -0.3 is 10.5 Å². The number of ether oxygens (including phenoxy) is 1. The highest BCUT2D eigenvalue weighted by molar-refractivity contribution is 5.35. The molecule has 2 rings (SSSR count).